The zero-order chi connectivity index (χ0) is 23.5. The maximum Gasteiger partial charge on any atom is 0.312 e. The lowest BCUT2D eigenvalue weighted by Crippen LogP contribution is -2.61. The number of fused-ring (bicyclic) bond motifs is 3. The van der Waals surface area contributed by atoms with Gasteiger partial charge in [-0.15, -0.1) is 0 Å². The minimum absolute atomic E-state index is 0.00178. The highest BCUT2D eigenvalue weighted by atomic mass is 16.5. The molecule has 4 aliphatic rings. The van der Waals surface area contributed by atoms with Gasteiger partial charge in [-0.25, -0.2) is 0 Å². The van der Waals surface area contributed by atoms with E-state index >= 15 is 0 Å². The Morgan fingerprint density at radius 3 is 2.19 bits per heavy atom. The fraction of sp³-hybridized carbons (Fsp3) is 0.966. The van der Waals surface area contributed by atoms with Gasteiger partial charge >= 0.3 is 5.97 Å². The molecular weight excluding hydrogens is 394 g/mol. The fourth-order valence-corrected chi connectivity index (χ4v) is 9.32. The predicted molar refractivity (Wildman–Crippen MR) is 132 cm³/mol. The van der Waals surface area contributed by atoms with Crippen LogP contribution in [0.1, 0.15) is 120 Å². The Morgan fingerprint density at radius 2 is 1.56 bits per heavy atom. The monoisotopic (exact) mass is 445 g/mol. The van der Waals surface area contributed by atoms with Gasteiger partial charge in [0, 0.05) is 23.9 Å². The summed E-state index contributed by atoms with van der Waals surface area (Å²) in [6, 6.07) is 0. The van der Waals surface area contributed by atoms with Crippen molar-refractivity contribution in [3.8, 4) is 0 Å². The largest absolute Gasteiger partial charge is 0.462 e. The molecule has 1 N–H and O–H groups in total. The van der Waals surface area contributed by atoms with Crippen LogP contribution in [0.15, 0.2) is 0 Å². The van der Waals surface area contributed by atoms with Gasteiger partial charge in [0.1, 0.15) is 6.10 Å². The first-order valence-corrected chi connectivity index (χ1v) is 13.8. The van der Waals surface area contributed by atoms with E-state index in [1.807, 2.05) is 0 Å². The summed E-state index contributed by atoms with van der Waals surface area (Å²) in [5, 5.41) is 3.73. The van der Waals surface area contributed by atoms with Crippen LogP contribution in [0.4, 0.5) is 0 Å². The van der Waals surface area contributed by atoms with Gasteiger partial charge in [-0.1, -0.05) is 27.2 Å². The van der Waals surface area contributed by atoms with Crippen LogP contribution in [-0.2, 0) is 9.53 Å². The second-order valence-electron chi connectivity index (χ2n) is 14.4. The van der Waals surface area contributed by atoms with Crippen molar-refractivity contribution in [2.24, 2.45) is 40.4 Å². The molecule has 32 heavy (non-hydrogen) atoms. The summed E-state index contributed by atoms with van der Waals surface area (Å²) in [5.74, 6) is 3.99. The third-order valence-electron chi connectivity index (χ3n) is 10.5. The Labute approximate surface area is 198 Å². The molecular formula is C29H51NO2. The van der Waals surface area contributed by atoms with Crippen molar-refractivity contribution in [2.75, 3.05) is 0 Å². The highest BCUT2D eigenvalue weighted by Gasteiger charge is 2.60. The van der Waals surface area contributed by atoms with Crippen molar-refractivity contribution < 1.29 is 9.53 Å². The lowest BCUT2D eigenvalue weighted by Gasteiger charge is -2.61. The zero-order valence-electron chi connectivity index (χ0n) is 22.4. The third-order valence-corrected chi connectivity index (χ3v) is 10.5. The lowest BCUT2D eigenvalue weighted by atomic mass is 9.43. The number of rotatable bonds is 3. The highest BCUT2D eigenvalue weighted by Crippen LogP contribution is 2.64. The van der Waals surface area contributed by atoms with Crippen LogP contribution in [0, 0.1) is 40.4 Å². The van der Waals surface area contributed by atoms with Gasteiger partial charge in [0.25, 0.3) is 0 Å². The molecule has 0 radical (unpaired) electrons. The molecule has 3 heteroatoms. The molecule has 1 saturated heterocycles. The quantitative estimate of drug-likeness (QED) is 0.469. The fourth-order valence-electron chi connectivity index (χ4n) is 9.32. The first-order valence-electron chi connectivity index (χ1n) is 13.8. The minimum atomic E-state index is -0.313. The molecule has 3 nitrogen and oxygen atoms in total. The normalized spacial score (nSPS) is 43.9. The van der Waals surface area contributed by atoms with Crippen molar-refractivity contribution in [1.29, 1.82) is 0 Å². The molecule has 3 saturated carbocycles. The molecule has 0 aromatic rings. The molecule has 1 aliphatic heterocycles. The van der Waals surface area contributed by atoms with Gasteiger partial charge in [0.15, 0.2) is 0 Å². The maximum absolute atomic E-state index is 13.9. The summed E-state index contributed by atoms with van der Waals surface area (Å²) in [4.78, 5) is 13.9. The van der Waals surface area contributed by atoms with E-state index < -0.39 is 0 Å². The van der Waals surface area contributed by atoms with Gasteiger partial charge in [-0.3, -0.25) is 4.79 Å². The summed E-state index contributed by atoms with van der Waals surface area (Å²) in [6.45, 7) is 18.6. The van der Waals surface area contributed by atoms with E-state index in [9.17, 15) is 4.79 Å². The molecule has 6 atom stereocenters. The van der Waals surface area contributed by atoms with E-state index in [1.165, 1.54) is 44.9 Å². The molecule has 0 aromatic carbocycles. The number of carbonyl (C=O) groups excluding carboxylic acids is 1. The van der Waals surface area contributed by atoms with E-state index in [1.54, 1.807) is 0 Å². The highest BCUT2D eigenvalue weighted by molar-refractivity contribution is 5.77. The van der Waals surface area contributed by atoms with Crippen molar-refractivity contribution in [3.05, 3.63) is 0 Å². The summed E-state index contributed by atoms with van der Waals surface area (Å²) < 4.78 is 6.40. The Bertz CT molecular complexity index is 696. The van der Waals surface area contributed by atoms with Gasteiger partial charge in [0.2, 0.25) is 0 Å². The van der Waals surface area contributed by atoms with Gasteiger partial charge in [-0.2, -0.15) is 0 Å². The van der Waals surface area contributed by atoms with Crippen LogP contribution in [-0.4, -0.2) is 23.2 Å². The van der Waals surface area contributed by atoms with Gasteiger partial charge in [-0.05, 0) is 115 Å². The molecule has 0 spiro atoms. The molecule has 4 rings (SSSR count). The van der Waals surface area contributed by atoms with Crippen LogP contribution in [0.5, 0.6) is 0 Å². The number of carbonyl (C=O) groups is 1. The molecule has 1 heterocycles. The maximum atomic E-state index is 13.9. The van der Waals surface area contributed by atoms with Crippen LogP contribution < -0.4 is 5.32 Å². The summed E-state index contributed by atoms with van der Waals surface area (Å²) in [6.07, 6.45) is 12.1. The van der Waals surface area contributed by atoms with Crippen LogP contribution in [0.3, 0.4) is 0 Å². The first kappa shape index (κ1) is 24.6. The topological polar surface area (TPSA) is 38.3 Å². The number of hydrogen-bond donors (Lipinski definition) is 1. The Hall–Kier alpha value is -0.570. The lowest BCUT2D eigenvalue weighted by molar-refractivity contribution is -0.187. The van der Waals surface area contributed by atoms with E-state index in [-0.39, 0.29) is 28.6 Å². The summed E-state index contributed by atoms with van der Waals surface area (Å²) >= 11 is 0. The first-order chi connectivity index (χ1) is 14.8. The van der Waals surface area contributed by atoms with Gasteiger partial charge in [0.05, 0.1) is 5.41 Å². The predicted octanol–water partition coefficient (Wildman–Crippen LogP) is 7.13. The second kappa shape index (κ2) is 8.28. The van der Waals surface area contributed by atoms with Gasteiger partial charge < -0.3 is 10.1 Å². The number of hydrogen-bond acceptors (Lipinski definition) is 3. The minimum Gasteiger partial charge on any atom is -0.462 e. The van der Waals surface area contributed by atoms with Crippen LogP contribution in [0.2, 0.25) is 0 Å². The standard InChI is InChI=1S/C29H51NO2/c1-19(2)20-10-12-23-21(16-20)11-13-24-28(23,7)14-9-15-29(24,8)25(31)32-22-17-26(3,4)30-27(5,6)18-22/h19-24,30H,9-18H2,1-8H3/t20?,21?,23-,24?,28+,29+/m0/s1. The number of esters is 1. The van der Waals surface area contributed by atoms with Crippen molar-refractivity contribution >= 4 is 5.97 Å². The van der Waals surface area contributed by atoms with Crippen molar-refractivity contribution in [1.82, 2.24) is 5.32 Å². The summed E-state index contributed by atoms with van der Waals surface area (Å²) in [7, 11) is 0. The Kier molecular flexibility index (Phi) is 6.35. The zero-order valence-corrected chi connectivity index (χ0v) is 22.4. The Balaban J connectivity index is 1.51. The SMILES string of the molecule is CC(C)C1CC[C@H]2C(CCC3[C@](C)(C(=O)OC4CC(C)(C)NC(C)(C)C4)CCC[C@@]32C)C1. The molecule has 3 aliphatic carbocycles. The molecule has 3 unspecified atom stereocenters. The average Bonchev–Trinajstić information content (AvgIpc) is 2.64. The number of nitrogens with one attached hydrogen (secondary N) is 1. The van der Waals surface area contributed by atoms with Crippen molar-refractivity contribution in [3.63, 3.8) is 0 Å². The van der Waals surface area contributed by atoms with Crippen molar-refractivity contribution in [2.45, 2.75) is 137 Å². The third kappa shape index (κ3) is 4.41. The molecule has 0 amide bonds. The smallest absolute Gasteiger partial charge is 0.312 e. The second-order valence-corrected chi connectivity index (χ2v) is 14.4. The molecule has 0 aromatic heterocycles. The average molecular weight is 446 g/mol. The van der Waals surface area contributed by atoms with Crippen LogP contribution in [0.25, 0.3) is 0 Å². The van der Waals surface area contributed by atoms with E-state index in [2.05, 4.69) is 60.7 Å². The summed E-state index contributed by atoms with van der Waals surface area (Å²) in [5.41, 5.74) is -0.000830. The Morgan fingerprint density at radius 1 is 0.906 bits per heavy atom. The molecule has 0 bridgehead atoms. The molecule has 4 fully saturated rings. The van der Waals surface area contributed by atoms with Crippen LogP contribution >= 0.6 is 0 Å². The van der Waals surface area contributed by atoms with E-state index in [4.69, 9.17) is 4.74 Å². The van der Waals surface area contributed by atoms with E-state index in [0.717, 1.165) is 42.9 Å². The van der Waals surface area contributed by atoms with E-state index in [0.29, 0.717) is 11.3 Å². The molecule has 184 valence electrons. The number of piperidine rings is 1. The number of ether oxygens (including phenoxy) is 1.